The van der Waals surface area contributed by atoms with Crippen LogP contribution in [0.2, 0.25) is 0 Å². The summed E-state index contributed by atoms with van der Waals surface area (Å²) in [6, 6.07) is 14.8. The second-order valence-corrected chi connectivity index (χ2v) is 7.21. The molecule has 0 saturated carbocycles. The van der Waals surface area contributed by atoms with Gasteiger partial charge in [0.15, 0.2) is 0 Å². The standard InChI is InChI=1S/C22H22N4O3/c1-14(12-15-13-23-18-8-4-2-6-16(15)18)24-20(27)10-11-26-21(28)17-7-3-5-9-19(17)25-22(26)29/h2-9,13-14,23H,10-12H2,1H3,(H,24,27)(H,25,29)/t14-/m0/s1. The van der Waals surface area contributed by atoms with E-state index >= 15 is 0 Å². The molecule has 0 aliphatic rings. The topological polar surface area (TPSA) is 99.8 Å². The second kappa shape index (κ2) is 7.79. The van der Waals surface area contributed by atoms with Crippen molar-refractivity contribution in [1.29, 1.82) is 0 Å². The predicted octanol–water partition coefficient (Wildman–Crippen LogP) is 2.31. The van der Waals surface area contributed by atoms with E-state index in [4.69, 9.17) is 0 Å². The molecule has 7 nitrogen and oxygen atoms in total. The molecule has 0 bridgehead atoms. The first-order valence-electron chi connectivity index (χ1n) is 9.59. The van der Waals surface area contributed by atoms with Gasteiger partial charge in [-0.15, -0.1) is 0 Å². The predicted molar refractivity (Wildman–Crippen MR) is 113 cm³/mol. The molecule has 0 aliphatic carbocycles. The van der Waals surface area contributed by atoms with Crippen molar-refractivity contribution < 1.29 is 4.79 Å². The molecule has 1 atom stereocenters. The van der Waals surface area contributed by atoms with Crippen molar-refractivity contribution in [1.82, 2.24) is 19.9 Å². The van der Waals surface area contributed by atoms with E-state index in [1.807, 2.05) is 37.4 Å². The van der Waals surface area contributed by atoms with Crippen LogP contribution in [0.4, 0.5) is 0 Å². The van der Waals surface area contributed by atoms with Crippen molar-refractivity contribution >= 4 is 27.7 Å². The summed E-state index contributed by atoms with van der Waals surface area (Å²) in [6.45, 7) is 1.97. The van der Waals surface area contributed by atoms with E-state index in [1.165, 1.54) is 0 Å². The van der Waals surface area contributed by atoms with E-state index < -0.39 is 5.69 Å². The Morgan fingerprint density at radius 1 is 1.03 bits per heavy atom. The van der Waals surface area contributed by atoms with Gasteiger partial charge in [-0.3, -0.25) is 14.2 Å². The first kappa shape index (κ1) is 18.7. The highest BCUT2D eigenvalue weighted by atomic mass is 16.2. The smallest absolute Gasteiger partial charge is 0.328 e. The van der Waals surface area contributed by atoms with Gasteiger partial charge in [0.25, 0.3) is 5.56 Å². The van der Waals surface area contributed by atoms with Crippen LogP contribution >= 0.6 is 0 Å². The van der Waals surface area contributed by atoms with Crippen LogP contribution in [-0.4, -0.2) is 26.5 Å². The third-order valence-corrected chi connectivity index (χ3v) is 5.06. The van der Waals surface area contributed by atoms with Crippen molar-refractivity contribution in [3.05, 3.63) is 81.1 Å². The molecule has 148 valence electrons. The Labute approximate surface area is 166 Å². The van der Waals surface area contributed by atoms with Crippen LogP contribution in [0.25, 0.3) is 21.8 Å². The minimum Gasteiger partial charge on any atom is -0.361 e. The van der Waals surface area contributed by atoms with Crippen molar-refractivity contribution in [2.75, 3.05) is 0 Å². The molecule has 4 rings (SSSR count). The van der Waals surface area contributed by atoms with Crippen molar-refractivity contribution in [3.63, 3.8) is 0 Å². The Balaban J connectivity index is 1.41. The molecule has 4 aromatic rings. The Bertz CT molecular complexity index is 1300. The molecule has 0 fully saturated rings. The van der Waals surface area contributed by atoms with Crippen LogP contribution in [0, 0.1) is 0 Å². The van der Waals surface area contributed by atoms with E-state index in [9.17, 15) is 14.4 Å². The highest BCUT2D eigenvalue weighted by Gasteiger charge is 2.13. The molecule has 2 aromatic carbocycles. The number of nitrogens with zero attached hydrogens (tertiary/aromatic N) is 1. The number of rotatable bonds is 6. The average Bonchev–Trinajstić information content (AvgIpc) is 3.10. The fourth-order valence-electron chi connectivity index (χ4n) is 3.64. The van der Waals surface area contributed by atoms with E-state index in [0.29, 0.717) is 17.3 Å². The molecule has 0 spiro atoms. The maximum Gasteiger partial charge on any atom is 0.328 e. The number of aromatic nitrogens is 3. The quantitative estimate of drug-likeness (QED) is 0.471. The summed E-state index contributed by atoms with van der Waals surface area (Å²) in [5.74, 6) is -0.197. The van der Waals surface area contributed by atoms with Gasteiger partial charge in [0.05, 0.1) is 10.9 Å². The van der Waals surface area contributed by atoms with Gasteiger partial charge < -0.3 is 15.3 Å². The maximum atomic E-state index is 12.5. The summed E-state index contributed by atoms with van der Waals surface area (Å²) in [4.78, 5) is 43.0. The molecular formula is C22H22N4O3. The van der Waals surface area contributed by atoms with Gasteiger partial charge in [0.2, 0.25) is 5.91 Å². The molecular weight excluding hydrogens is 368 g/mol. The lowest BCUT2D eigenvalue weighted by Crippen LogP contribution is -2.38. The number of carbonyl (C=O) groups is 1. The maximum absolute atomic E-state index is 12.5. The van der Waals surface area contributed by atoms with Gasteiger partial charge in [-0.2, -0.15) is 0 Å². The van der Waals surface area contributed by atoms with Crippen molar-refractivity contribution in [3.8, 4) is 0 Å². The number of benzene rings is 2. The van der Waals surface area contributed by atoms with Gasteiger partial charge in [-0.1, -0.05) is 30.3 Å². The van der Waals surface area contributed by atoms with Crippen LogP contribution in [-0.2, 0) is 17.8 Å². The fourth-order valence-corrected chi connectivity index (χ4v) is 3.64. The normalized spacial score (nSPS) is 12.3. The van der Waals surface area contributed by atoms with Gasteiger partial charge in [-0.25, -0.2) is 4.79 Å². The number of carbonyl (C=O) groups excluding carboxylic acids is 1. The van der Waals surface area contributed by atoms with E-state index in [1.54, 1.807) is 24.3 Å². The summed E-state index contributed by atoms with van der Waals surface area (Å²) in [6.07, 6.45) is 2.70. The number of aromatic amines is 2. The Kier molecular flexibility index (Phi) is 5.03. The van der Waals surface area contributed by atoms with Crippen LogP contribution in [0.1, 0.15) is 18.9 Å². The number of hydrogen-bond donors (Lipinski definition) is 3. The average molecular weight is 390 g/mol. The Morgan fingerprint density at radius 2 is 1.72 bits per heavy atom. The number of nitrogens with one attached hydrogen (secondary N) is 3. The second-order valence-electron chi connectivity index (χ2n) is 7.21. The van der Waals surface area contributed by atoms with Crippen LogP contribution < -0.4 is 16.6 Å². The summed E-state index contributed by atoms with van der Waals surface area (Å²) < 4.78 is 1.08. The molecule has 0 radical (unpaired) electrons. The molecule has 7 heteroatoms. The number of fused-ring (bicyclic) bond motifs is 2. The minimum absolute atomic E-state index is 0.0324. The lowest BCUT2D eigenvalue weighted by Gasteiger charge is -2.14. The number of para-hydroxylation sites is 2. The Hall–Kier alpha value is -3.61. The summed E-state index contributed by atoms with van der Waals surface area (Å²) in [5, 5.41) is 4.52. The Morgan fingerprint density at radius 3 is 2.52 bits per heavy atom. The molecule has 2 heterocycles. The molecule has 1 amide bonds. The monoisotopic (exact) mass is 390 g/mol. The molecule has 0 saturated heterocycles. The van der Waals surface area contributed by atoms with Gasteiger partial charge in [0, 0.05) is 36.1 Å². The minimum atomic E-state index is -0.506. The first-order chi connectivity index (χ1) is 14.0. The molecule has 2 aromatic heterocycles. The molecule has 3 N–H and O–H groups in total. The third kappa shape index (κ3) is 3.85. The van der Waals surface area contributed by atoms with E-state index in [2.05, 4.69) is 15.3 Å². The lowest BCUT2D eigenvalue weighted by atomic mass is 10.1. The molecule has 0 aliphatic heterocycles. The number of H-pyrrole nitrogens is 2. The highest BCUT2D eigenvalue weighted by Crippen LogP contribution is 2.19. The third-order valence-electron chi connectivity index (χ3n) is 5.06. The van der Waals surface area contributed by atoms with Gasteiger partial charge >= 0.3 is 5.69 Å². The lowest BCUT2D eigenvalue weighted by molar-refractivity contribution is -0.121. The summed E-state index contributed by atoms with van der Waals surface area (Å²) in [5.41, 5.74) is 1.81. The van der Waals surface area contributed by atoms with Crippen LogP contribution in [0.3, 0.4) is 0 Å². The fraction of sp³-hybridized carbons (Fsp3) is 0.227. The van der Waals surface area contributed by atoms with Gasteiger partial charge in [-0.05, 0) is 37.1 Å². The highest BCUT2D eigenvalue weighted by molar-refractivity contribution is 5.83. The van der Waals surface area contributed by atoms with Gasteiger partial charge in [0.1, 0.15) is 0 Å². The zero-order chi connectivity index (χ0) is 20.4. The van der Waals surface area contributed by atoms with Crippen LogP contribution in [0.5, 0.6) is 0 Å². The van der Waals surface area contributed by atoms with E-state index in [-0.39, 0.29) is 30.5 Å². The zero-order valence-electron chi connectivity index (χ0n) is 16.1. The zero-order valence-corrected chi connectivity index (χ0v) is 16.1. The molecule has 0 unspecified atom stereocenters. The first-order valence-corrected chi connectivity index (χ1v) is 9.59. The van der Waals surface area contributed by atoms with Crippen molar-refractivity contribution in [2.24, 2.45) is 0 Å². The summed E-state index contributed by atoms with van der Waals surface area (Å²) >= 11 is 0. The summed E-state index contributed by atoms with van der Waals surface area (Å²) in [7, 11) is 0. The number of amides is 1. The largest absolute Gasteiger partial charge is 0.361 e. The molecule has 29 heavy (non-hydrogen) atoms. The number of hydrogen-bond acceptors (Lipinski definition) is 3. The van der Waals surface area contributed by atoms with Crippen LogP contribution in [0.15, 0.2) is 64.3 Å². The SMILES string of the molecule is C[C@@H](Cc1c[nH]c2ccccc12)NC(=O)CCn1c(=O)[nH]c2ccccc2c1=O. The van der Waals surface area contributed by atoms with E-state index in [0.717, 1.165) is 21.0 Å². The van der Waals surface area contributed by atoms with Crippen molar-refractivity contribution in [2.45, 2.75) is 32.4 Å².